The first-order valence-electron chi connectivity index (χ1n) is 14.4. The summed E-state index contributed by atoms with van der Waals surface area (Å²) in [7, 11) is 1.30. The highest BCUT2D eigenvalue weighted by atomic mass is 32.2. The van der Waals surface area contributed by atoms with E-state index in [4.69, 9.17) is 0 Å². The van der Waals surface area contributed by atoms with Gasteiger partial charge in [-0.1, -0.05) is 19.3 Å². The number of halogens is 1. The number of rotatable bonds is 7. The number of carbonyl (C=O) groups excluding carboxylic acids is 1. The van der Waals surface area contributed by atoms with Gasteiger partial charge in [-0.25, -0.2) is 13.3 Å². The molecule has 5 rings (SSSR count). The molecule has 1 N–H and O–H groups in total. The number of amides is 1. The van der Waals surface area contributed by atoms with Crippen LogP contribution in [0.15, 0.2) is 42.9 Å². The van der Waals surface area contributed by atoms with Gasteiger partial charge in [0.1, 0.15) is 5.82 Å². The SMILES string of the molecule is CC(C)N(C(=O)c1cc(F)ccc1-n1cc(C2CN(C)C2)c2ccncc21)C(C)C.CS(=O)NC1CCCCC1. The second-order valence-electron chi connectivity index (χ2n) is 11.7. The molecular formula is C31H44FN5O2S. The van der Waals surface area contributed by atoms with Crippen LogP contribution in [-0.2, 0) is 11.0 Å². The molecule has 2 fully saturated rings. The molecule has 1 aliphatic heterocycles. The number of nitrogens with one attached hydrogen (secondary N) is 1. The molecular weight excluding hydrogens is 525 g/mol. The Balaban J connectivity index is 0.000000312. The highest BCUT2D eigenvalue weighted by molar-refractivity contribution is 7.82. The third-order valence-corrected chi connectivity index (χ3v) is 8.54. The third-order valence-electron chi connectivity index (χ3n) is 7.88. The molecule has 1 aliphatic carbocycles. The topological polar surface area (TPSA) is 70.5 Å². The predicted octanol–water partition coefficient (Wildman–Crippen LogP) is 5.65. The molecule has 0 radical (unpaired) electrons. The fourth-order valence-corrected chi connectivity index (χ4v) is 6.77. The van der Waals surface area contributed by atoms with Crippen LogP contribution in [-0.4, -0.2) is 74.0 Å². The van der Waals surface area contributed by atoms with Gasteiger partial charge in [0.2, 0.25) is 0 Å². The van der Waals surface area contributed by atoms with E-state index in [2.05, 4.69) is 27.9 Å². The third kappa shape index (κ3) is 6.98. The minimum atomic E-state index is -0.813. The van der Waals surface area contributed by atoms with Gasteiger partial charge >= 0.3 is 0 Å². The molecule has 1 unspecified atom stereocenters. The molecule has 9 heteroatoms. The number of hydrogen-bond acceptors (Lipinski definition) is 4. The lowest BCUT2D eigenvalue weighted by Crippen LogP contribution is -2.42. The Labute approximate surface area is 240 Å². The van der Waals surface area contributed by atoms with Gasteiger partial charge in [-0.3, -0.25) is 9.78 Å². The smallest absolute Gasteiger partial charge is 0.256 e. The Bertz CT molecular complexity index is 1320. The molecule has 3 heterocycles. The second kappa shape index (κ2) is 13.4. The summed E-state index contributed by atoms with van der Waals surface area (Å²) < 4.78 is 30.0. The van der Waals surface area contributed by atoms with E-state index in [1.165, 1.54) is 49.8 Å². The van der Waals surface area contributed by atoms with Gasteiger partial charge in [-0.05, 0) is 77.4 Å². The van der Waals surface area contributed by atoms with Crippen LogP contribution in [0.5, 0.6) is 0 Å². The summed E-state index contributed by atoms with van der Waals surface area (Å²) in [4.78, 5) is 21.9. The van der Waals surface area contributed by atoms with Gasteiger partial charge < -0.3 is 14.4 Å². The molecule has 218 valence electrons. The summed E-state index contributed by atoms with van der Waals surface area (Å²) in [5.41, 5.74) is 3.24. The van der Waals surface area contributed by atoms with Crippen LogP contribution in [0.25, 0.3) is 16.6 Å². The first-order valence-corrected chi connectivity index (χ1v) is 16.0. The molecule has 1 aromatic carbocycles. The Morgan fingerprint density at radius 2 is 1.77 bits per heavy atom. The van der Waals surface area contributed by atoms with E-state index >= 15 is 0 Å². The zero-order valence-corrected chi connectivity index (χ0v) is 25.5. The number of pyridine rings is 1. The summed E-state index contributed by atoms with van der Waals surface area (Å²) in [6.45, 7) is 9.94. The summed E-state index contributed by atoms with van der Waals surface area (Å²) in [5, 5.41) is 1.13. The molecule has 1 atom stereocenters. The van der Waals surface area contributed by atoms with Crippen LogP contribution in [0.1, 0.15) is 81.6 Å². The number of benzene rings is 1. The number of carbonyl (C=O) groups is 1. The van der Waals surface area contributed by atoms with Crippen LogP contribution in [0.2, 0.25) is 0 Å². The molecule has 3 aromatic rings. The summed E-state index contributed by atoms with van der Waals surface area (Å²) >= 11 is 0. The van der Waals surface area contributed by atoms with Crippen molar-refractivity contribution in [2.75, 3.05) is 26.4 Å². The van der Waals surface area contributed by atoms with Crippen molar-refractivity contribution in [1.82, 2.24) is 24.1 Å². The predicted molar refractivity (Wildman–Crippen MR) is 162 cm³/mol. The normalized spacial score (nSPS) is 17.5. The fraction of sp³-hybridized carbons (Fsp3) is 0.548. The average Bonchev–Trinajstić information content (AvgIpc) is 3.26. The first-order chi connectivity index (χ1) is 19.1. The molecule has 2 aliphatic rings. The second-order valence-corrected chi connectivity index (χ2v) is 12.9. The maximum Gasteiger partial charge on any atom is 0.256 e. The number of nitrogens with zero attached hydrogens (tertiary/aromatic N) is 4. The van der Waals surface area contributed by atoms with E-state index in [1.807, 2.05) is 44.5 Å². The van der Waals surface area contributed by atoms with Gasteiger partial charge in [0.15, 0.2) is 0 Å². The van der Waals surface area contributed by atoms with Crippen molar-refractivity contribution in [3.63, 3.8) is 0 Å². The van der Waals surface area contributed by atoms with Gasteiger partial charge in [0.05, 0.1) is 33.9 Å². The minimum Gasteiger partial charge on any atom is -0.334 e. The highest BCUT2D eigenvalue weighted by Gasteiger charge is 2.30. The molecule has 1 saturated heterocycles. The lowest BCUT2D eigenvalue weighted by Gasteiger charge is -2.36. The quantitative estimate of drug-likeness (QED) is 0.399. The molecule has 40 heavy (non-hydrogen) atoms. The van der Waals surface area contributed by atoms with Crippen molar-refractivity contribution in [2.24, 2.45) is 0 Å². The van der Waals surface area contributed by atoms with E-state index in [1.54, 1.807) is 23.4 Å². The Morgan fingerprint density at radius 1 is 1.10 bits per heavy atom. The van der Waals surface area contributed by atoms with Crippen molar-refractivity contribution < 1.29 is 13.4 Å². The maximum atomic E-state index is 14.2. The molecule has 1 saturated carbocycles. The zero-order chi connectivity index (χ0) is 29.0. The van der Waals surface area contributed by atoms with Crippen molar-refractivity contribution in [2.45, 2.75) is 83.8 Å². The van der Waals surface area contributed by atoms with Crippen molar-refractivity contribution >= 4 is 27.8 Å². The first kappa shape index (κ1) is 30.3. The van der Waals surface area contributed by atoms with Crippen molar-refractivity contribution in [1.29, 1.82) is 0 Å². The van der Waals surface area contributed by atoms with E-state index in [0.29, 0.717) is 23.2 Å². The van der Waals surface area contributed by atoms with Crippen molar-refractivity contribution in [3.05, 3.63) is 59.8 Å². The number of fused-ring (bicyclic) bond motifs is 1. The van der Waals surface area contributed by atoms with Crippen LogP contribution < -0.4 is 4.72 Å². The fourth-order valence-electron chi connectivity index (χ4n) is 6.07. The zero-order valence-electron chi connectivity index (χ0n) is 24.7. The van der Waals surface area contributed by atoms with E-state index in [9.17, 15) is 13.4 Å². The molecule has 1 amide bonds. The lowest BCUT2D eigenvalue weighted by atomic mass is 9.92. The molecule has 0 bridgehead atoms. The van der Waals surface area contributed by atoms with Crippen LogP contribution in [0, 0.1) is 5.82 Å². The maximum absolute atomic E-state index is 14.2. The van der Waals surface area contributed by atoms with Crippen molar-refractivity contribution in [3.8, 4) is 5.69 Å². The number of hydrogen-bond donors (Lipinski definition) is 1. The monoisotopic (exact) mass is 569 g/mol. The molecule has 0 spiro atoms. The van der Waals surface area contributed by atoms with E-state index in [0.717, 1.165) is 24.0 Å². The summed E-state index contributed by atoms with van der Waals surface area (Å²) in [6, 6.07) is 7.05. The van der Waals surface area contributed by atoms with Crippen LogP contribution in [0.4, 0.5) is 4.39 Å². The van der Waals surface area contributed by atoms with E-state index in [-0.39, 0.29) is 18.0 Å². The average molecular weight is 570 g/mol. The van der Waals surface area contributed by atoms with Gasteiger partial charge in [-0.15, -0.1) is 0 Å². The van der Waals surface area contributed by atoms with Gasteiger partial charge in [0, 0.05) is 61.2 Å². The van der Waals surface area contributed by atoms with E-state index < -0.39 is 16.8 Å². The van der Waals surface area contributed by atoms with Gasteiger partial charge in [-0.2, -0.15) is 0 Å². The highest BCUT2D eigenvalue weighted by Crippen LogP contribution is 2.35. The van der Waals surface area contributed by atoms with Crippen LogP contribution >= 0.6 is 0 Å². The largest absolute Gasteiger partial charge is 0.334 e. The Morgan fingerprint density at radius 3 is 2.38 bits per heavy atom. The Kier molecular flexibility index (Phi) is 10.1. The number of likely N-dealkylation sites (N-methyl/N-ethyl adjacent to an activating group) is 1. The number of aromatic nitrogens is 2. The standard InChI is InChI=1S/C24H29FN4O.C7H15NOS/c1-15(2)29(16(3)4)24(30)20-10-18(25)6-7-22(20)28-14-21(17-12-27(5)13-17)19-8-9-26-11-23(19)28;1-10(9)8-7-5-3-2-4-6-7/h6-11,14-17H,12-13H2,1-5H3;7-8H,2-6H2,1H3. The molecule has 2 aromatic heterocycles. The minimum absolute atomic E-state index is 0.0118. The summed E-state index contributed by atoms with van der Waals surface area (Å²) in [6.07, 6.45) is 13.8. The Hall–Kier alpha value is -2.62. The number of likely N-dealkylation sites (tertiary alicyclic amines) is 1. The summed E-state index contributed by atoms with van der Waals surface area (Å²) in [5.74, 6) is -0.126. The lowest BCUT2D eigenvalue weighted by molar-refractivity contribution is 0.0643. The van der Waals surface area contributed by atoms with Crippen LogP contribution in [0.3, 0.4) is 0 Å². The van der Waals surface area contributed by atoms with Gasteiger partial charge in [0.25, 0.3) is 5.91 Å². The molecule has 7 nitrogen and oxygen atoms in total.